The van der Waals surface area contributed by atoms with Gasteiger partial charge in [0.05, 0.1) is 12.5 Å². The fraction of sp³-hybridized carbons (Fsp3) is 0.778. The summed E-state index contributed by atoms with van der Waals surface area (Å²) >= 11 is 0. The number of nitrogens with zero attached hydrogens (tertiary/aromatic N) is 3. The standard InChI is InChI=1S/C9H15F3N4/c1-2-3-13-4-8(9(10,11)12)5-16-7-14-6-15-16/h6-8,13H,2-5H2,1H3. The molecule has 1 heterocycles. The maximum atomic E-state index is 12.6. The van der Waals surface area contributed by atoms with Crippen molar-refractivity contribution in [3.8, 4) is 0 Å². The summed E-state index contributed by atoms with van der Waals surface area (Å²) in [6.07, 6.45) is -0.883. The number of rotatable bonds is 6. The van der Waals surface area contributed by atoms with Crippen LogP contribution in [0.15, 0.2) is 12.7 Å². The summed E-state index contributed by atoms with van der Waals surface area (Å²) in [5.41, 5.74) is 0. The Kier molecular flexibility index (Phi) is 4.72. The Hall–Kier alpha value is -1.11. The van der Waals surface area contributed by atoms with E-state index >= 15 is 0 Å². The molecule has 1 aromatic rings. The third kappa shape index (κ3) is 4.18. The zero-order valence-electron chi connectivity index (χ0n) is 9.04. The molecule has 16 heavy (non-hydrogen) atoms. The van der Waals surface area contributed by atoms with Gasteiger partial charge in [0.25, 0.3) is 0 Å². The van der Waals surface area contributed by atoms with Crippen molar-refractivity contribution < 1.29 is 13.2 Å². The summed E-state index contributed by atoms with van der Waals surface area (Å²) in [5.74, 6) is -1.43. The SMILES string of the molecule is CCCNCC(Cn1cncn1)C(F)(F)F. The van der Waals surface area contributed by atoms with Crippen LogP contribution in [0.1, 0.15) is 13.3 Å². The minimum Gasteiger partial charge on any atom is -0.316 e. The molecule has 0 aliphatic carbocycles. The highest BCUT2D eigenvalue weighted by molar-refractivity contribution is 4.71. The first kappa shape index (κ1) is 13.0. The Balaban J connectivity index is 2.51. The molecule has 0 spiro atoms. The molecule has 0 fully saturated rings. The van der Waals surface area contributed by atoms with Crippen molar-refractivity contribution in [2.24, 2.45) is 5.92 Å². The number of aromatic nitrogens is 3. The number of hydrogen-bond acceptors (Lipinski definition) is 3. The first-order valence-electron chi connectivity index (χ1n) is 5.14. The number of halogens is 3. The maximum Gasteiger partial charge on any atom is 0.394 e. The molecule has 0 radical (unpaired) electrons. The minimum absolute atomic E-state index is 0.0861. The molecule has 0 saturated carbocycles. The first-order chi connectivity index (χ1) is 7.54. The molecule has 0 amide bonds. The van der Waals surface area contributed by atoms with E-state index in [9.17, 15) is 13.2 Å². The summed E-state index contributed by atoms with van der Waals surface area (Å²) in [6.45, 7) is 2.22. The molecule has 1 rings (SSSR count). The van der Waals surface area contributed by atoms with Gasteiger partial charge in [0.2, 0.25) is 0 Å². The lowest BCUT2D eigenvalue weighted by molar-refractivity contribution is -0.177. The van der Waals surface area contributed by atoms with Crippen molar-refractivity contribution in [1.29, 1.82) is 0 Å². The van der Waals surface area contributed by atoms with Crippen LogP contribution in [0.4, 0.5) is 13.2 Å². The van der Waals surface area contributed by atoms with Gasteiger partial charge in [-0.05, 0) is 13.0 Å². The Bertz CT molecular complexity index is 283. The van der Waals surface area contributed by atoms with Crippen LogP contribution in [-0.4, -0.2) is 34.0 Å². The van der Waals surface area contributed by atoms with E-state index in [1.54, 1.807) is 0 Å². The molecule has 92 valence electrons. The maximum absolute atomic E-state index is 12.6. The molecule has 1 unspecified atom stereocenters. The number of alkyl halides is 3. The van der Waals surface area contributed by atoms with Gasteiger partial charge in [-0.25, -0.2) is 4.98 Å². The van der Waals surface area contributed by atoms with Crippen molar-refractivity contribution in [2.45, 2.75) is 26.1 Å². The molecule has 4 nitrogen and oxygen atoms in total. The van der Waals surface area contributed by atoms with Crippen molar-refractivity contribution in [1.82, 2.24) is 20.1 Å². The highest BCUT2D eigenvalue weighted by atomic mass is 19.4. The third-order valence-electron chi connectivity index (χ3n) is 2.15. The Morgan fingerprint density at radius 3 is 2.69 bits per heavy atom. The van der Waals surface area contributed by atoms with Crippen LogP contribution in [0.5, 0.6) is 0 Å². The molecule has 7 heteroatoms. The molecule has 1 N–H and O–H groups in total. The molecule has 0 aliphatic rings. The van der Waals surface area contributed by atoms with E-state index in [1.807, 2.05) is 6.92 Å². The first-order valence-corrected chi connectivity index (χ1v) is 5.14. The van der Waals surface area contributed by atoms with Crippen molar-refractivity contribution in [3.63, 3.8) is 0 Å². The van der Waals surface area contributed by atoms with E-state index in [-0.39, 0.29) is 13.1 Å². The van der Waals surface area contributed by atoms with Crippen molar-refractivity contribution >= 4 is 0 Å². The van der Waals surface area contributed by atoms with Gasteiger partial charge in [-0.3, -0.25) is 4.68 Å². The zero-order valence-corrected chi connectivity index (χ0v) is 9.04. The van der Waals surface area contributed by atoms with Gasteiger partial charge in [-0.2, -0.15) is 18.3 Å². The lowest BCUT2D eigenvalue weighted by atomic mass is 10.1. The van der Waals surface area contributed by atoms with Gasteiger partial charge in [-0.15, -0.1) is 0 Å². The zero-order chi connectivity index (χ0) is 12.0. The van der Waals surface area contributed by atoms with Crippen LogP contribution in [-0.2, 0) is 6.54 Å². The second-order valence-electron chi connectivity index (χ2n) is 3.56. The number of nitrogens with one attached hydrogen (secondary N) is 1. The highest BCUT2D eigenvalue weighted by Gasteiger charge is 2.39. The normalized spacial score (nSPS) is 14.0. The quantitative estimate of drug-likeness (QED) is 0.760. The van der Waals surface area contributed by atoms with Gasteiger partial charge in [0.1, 0.15) is 12.7 Å². The van der Waals surface area contributed by atoms with Crippen LogP contribution in [0.3, 0.4) is 0 Å². The van der Waals surface area contributed by atoms with E-state index in [4.69, 9.17) is 0 Å². The lowest BCUT2D eigenvalue weighted by Gasteiger charge is -2.20. The summed E-state index contributed by atoms with van der Waals surface area (Å²) in [5, 5.41) is 6.45. The largest absolute Gasteiger partial charge is 0.394 e. The minimum atomic E-state index is -4.22. The predicted octanol–water partition coefficient (Wildman–Crippen LogP) is 1.46. The average molecular weight is 236 g/mol. The monoisotopic (exact) mass is 236 g/mol. The second kappa shape index (κ2) is 5.83. The van der Waals surface area contributed by atoms with Gasteiger partial charge in [0.15, 0.2) is 0 Å². The number of hydrogen-bond donors (Lipinski definition) is 1. The summed E-state index contributed by atoms with van der Waals surface area (Å²) < 4.78 is 39.1. The van der Waals surface area contributed by atoms with Gasteiger partial charge in [0, 0.05) is 6.54 Å². The second-order valence-corrected chi connectivity index (χ2v) is 3.56. The van der Waals surface area contributed by atoms with Crippen LogP contribution < -0.4 is 5.32 Å². The van der Waals surface area contributed by atoms with Crippen molar-refractivity contribution in [3.05, 3.63) is 12.7 Å². The molecule has 0 aliphatic heterocycles. The summed E-state index contributed by atoms with van der Waals surface area (Å²) in [4.78, 5) is 3.62. The molecule has 1 atom stereocenters. The van der Waals surface area contributed by atoms with Crippen LogP contribution in [0.25, 0.3) is 0 Å². The molecular weight excluding hydrogens is 221 g/mol. The highest BCUT2D eigenvalue weighted by Crippen LogP contribution is 2.26. The van der Waals surface area contributed by atoms with E-state index in [1.165, 1.54) is 17.3 Å². The fourth-order valence-corrected chi connectivity index (χ4v) is 1.29. The summed E-state index contributed by atoms with van der Waals surface area (Å²) in [6, 6.07) is 0. The molecule has 0 aromatic carbocycles. The van der Waals surface area contributed by atoms with Crippen LogP contribution in [0.2, 0.25) is 0 Å². The van der Waals surface area contributed by atoms with Gasteiger partial charge < -0.3 is 5.32 Å². The molecule has 0 saturated heterocycles. The van der Waals surface area contributed by atoms with Crippen LogP contribution in [0, 0.1) is 5.92 Å². The molecule has 1 aromatic heterocycles. The van der Waals surface area contributed by atoms with Crippen LogP contribution >= 0.6 is 0 Å². The predicted molar refractivity (Wildman–Crippen MR) is 52.7 cm³/mol. The summed E-state index contributed by atoms with van der Waals surface area (Å²) in [7, 11) is 0. The average Bonchev–Trinajstić information content (AvgIpc) is 2.67. The van der Waals surface area contributed by atoms with E-state index in [2.05, 4.69) is 15.4 Å². The Morgan fingerprint density at radius 2 is 2.19 bits per heavy atom. The topological polar surface area (TPSA) is 42.7 Å². The van der Waals surface area contributed by atoms with E-state index in [0.29, 0.717) is 6.54 Å². The lowest BCUT2D eigenvalue weighted by Crippen LogP contribution is -2.37. The third-order valence-corrected chi connectivity index (χ3v) is 2.15. The van der Waals surface area contributed by atoms with E-state index < -0.39 is 12.1 Å². The molecule has 0 bridgehead atoms. The Labute approximate surface area is 91.9 Å². The fourth-order valence-electron chi connectivity index (χ4n) is 1.29. The Morgan fingerprint density at radius 1 is 1.44 bits per heavy atom. The van der Waals surface area contributed by atoms with Crippen molar-refractivity contribution in [2.75, 3.05) is 13.1 Å². The molecular formula is C9H15F3N4. The van der Waals surface area contributed by atoms with Gasteiger partial charge in [-0.1, -0.05) is 6.92 Å². The smallest absolute Gasteiger partial charge is 0.316 e. The van der Waals surface area contributed by atoms with E-state index in [0.717, 1.165) is 6.42 Å². The van der Waals surface area contributed by atoms with Gasteiger partial charge >= 0.3 is 6.18 Å².